The van der Waals surface area contributed by atoms with E-state index in [4.69, 9.17) is 0 Å². The number of ether oxygens (including phenoxy) is 1. The lowest BCUT2D eigenvalue weighted by atomic mass is 9.81. The van der Waals surface area contributed by atoms with Gasteiger partial charge in [0.1, 0.15) is 6.61 Å². The van der Waals surface area contributed by atoms with Crippen LogP contribution >= 0.6 is 0 Å². The van der Waals surface area contributed by atoms with Gasteiger partial charge in [0.05, 0.1) is 0 Å². The van der Waals surface area contributed by atoms with Gasteiger partial charge in [0.25, 0.3) is 0 Å². The van der Waals surface area contributed by atoms with Crippen molar-refractivity contribution in [3.63, 3.8) is 0 Å². The van der Waals surface area contributed by atoms with E-state index in [0.29, 0.717) is 6.42 Å². The molecule has 0 aromatic heterocycles. The summed E-state index contributed by atoms with van der Waals surface area (Å²) in [7, 11) is 0. The third-order valence-electron chi connectivity index (χ3n) is 2.22. The smallest absolute Gasteiger partial charge is 0.372 e. The average Bonchev–Trinajstić information content (AvgIpc) is 1.93. The van der Waals surface area contributed by atoms with E-state index in [0.717, 1.165) is 13.1 Å². The van der Waals surface area contributed by atoms with Gasteiger partial charge in [0.15, 0.2) is 0 Å². The number of halogens is 3. The minimum absolute atomic E-state index is 0.144. The van der Waals surface area contributed by atoms with Crippen molar-refractivity contribution in [3.8, 4) is 0 Å². The maximum atomic E-state index is 11.6. The molecule has 0 aromatic rings. The second kappa shape index (κ2) is 3.84. The van der Waals surface area contributed by atoms with E-state index in [-0.39, 0.29) is 12.0 Å². The van der Waals surface area contributed by atoms with E-state index >= 15 is 0 Å². The monoisotopic (exact) mass is 197 g/mol. The lowest BCUT2D eigenvalue weighted by molar-refractivity contribution is -0.175. The van der Waals surface area contributed by atoms with E-state index in [1.165, 1.54) is 0 Å². The first kappa shape index (κ1) is 10.8. The number of alkyl halides is 3. The minimum atomic E-state index is -4.20. The van der Waals surface area contributed by atoms with Crippen LogP contribution in [0.3, 0.4) is 0 Å². The highest BCUT2D eigenvalue weighted by Gasteiger charge is 2.32. The fourth-order valence-electron chi connectivity index (χ4n) is 1.24. The Kier molecular flexibility index (Phi) is 3.18. The van der Waals surface area contributed by atoms with Crippen LogP contribution in [0.1, 0.15) is 13.3 Å². The molecule has 0 aliphatic carbocycles. The molecule has 78 valence electrons. The average molecular weight is 197 g/mol. The van der Waals surface area contributed by atoms with Gasteiger partial charge in [-0.25, -0.2) is 0 Å². The molecule has 1 saturated heterocycles. The van der Waals surface area contributed by atoms with E-state index < -0.39 is 12.8 Å². The van der Waals surface area contributed by atoms with Gasteiger partial charge in [0, 0.05) is 19.7 Å². The van der Waals surface area contributed by atoms with E-state index in [1.807, 2.05) is 6.92 Å². The van der Waals surface area contributed by atoms with Crippen LogP contribution < -0.4 is 5.32 Å². The molecule has 1 aliphatic rings. The molecule has 1 heterocycles. The minimum Gasteiger partial charge on any atom is -0.372 e. The summed E-state index contributed by atoms with van der Waals surface area (Å²) in [6.07, 6.45) is -3.51. The number of hydrogen-bond donors (Lipinski definition) is 1. The Morgan fingerprint density at radius 1 is 1.38 bits per heavy atom. The summed E-state index contributed by atoms with van der Waals surface area (Å²) >= 11 is 0. The van der Waals surface area contributed by atoms with Crippen molar-refractivity contribution in [3.05, 3.63) is 0 Å². The zero-order valence-electron chi connectivity index (χ0n) is 7.58. The van der Waals surface area contributed by atoms with Crippen LogP contribution in [0.2, 0.25) is 0 Å². The highest BCUT2D eigenvalue weighted by molar-refractivity contribution is 4.87. The zero-order chi connectivity index (χ0) is 9.95. The van der Waals surface area contributed by atoms with Gasteiger partial charge in [0.2, 0.25) is 0 Å². The summed E-state index contributed by atoms with van der Waals surface area (Å²) in [5, 5.41) is 3.08. The van der Waals surface area contributed by atoms with Gasteiger partial charge >= 0.3 is 6.18 Å². The molecule has 0 bridgehead atoms. The van der Waals surface area contributed by atoms with E-state index in [2.05, 4.69) is 10.1 Å². The third kappa shape index (κ3) is 3.95. The molecule has 0 saturated carbocycles. The quantitative estimate of drug-likeness (QED) is 0.690. The second-order valence-corrected chi connectivity index (χ2v) is 3.83. The summed E-state index contributed by atoms with van der Waals surface area (Å²) in [6, 6.07) is 0. The Balaban J connectivity index is 2.01. The zero-order valence-corrected chi connectivity index (χ0v) is 7.58. The van der Waals surface area contributed by atoms with Gasteiger partial charge in [-0.1, -0.05) is 6.92 Å². The van der Waals surface area contributed by atoms with Gasteiger partial charge < -0.3 is 10.1 Å². The predicted molar refractivity (Wildman–Crippen MR) is 42.5 cm³/mol. The normalized spacial score (nSPS) is 21.2. The molecule has 1 rings (SSSR count). The molecule has 1 aliphatic heterocycles. The number of hydrogen-bond acceptors (Lipinski definition) is 2. The fourth-order valence-corrected chi connectivity index (χ4v) is 1.24. The van der Waals surface area contributed by atoms with Crippen LogP contribution in [0.15, 0.2) is 0 Å². The van der Waals surface area contributed by atoms with Crippen LogP contribution in [0.25, 0.3) is 0 Å². The van der Waals surface area contributed by atoms with Crippen LogP contribution in [0.5, 0.6) is 0 Å². The first-order valence-corrected chi connectivity index (χ1v) is 4.27. The van der Waals surface area contributed by atoms with Crippen molar-refractivity contribution in [1.82, 2.24) is 5.32 Å². The van der Waals surface area contributed by atoms with Crippen molar-refractivity contribution in [2.45, 2.75) is 19.5 Å². The molecule has 0 spiro atoms. The summed E-state index contributed by atoms with van der Waals surface area (Å²) in [5.41, 5.74) is 0.144. The van der Waals surface area contributed by atoms with Crippen molar-refractivity contribution in [2.24, 2.45) is 5.41 Å². The number of nitrogens with one attached hydrogen (secondary N) is 1. The Bertz CT molecular complexity index is 165. The van der Waals surface area contributed by atoms with E-state index in [9.17, 15) is 13.2 Å². The fraction of sp³-hybridized carbons (Fsp3) is 1.00. The largest absolute Gasteiger partial charge is 0.411 e. The molecular formula is C8H14F3NO. The summed E-state index contributed by atoms with van der Waals surface area (Å²) < 4.78 is 39.4. The lowest BCUT2D eigenvalue weighted by Crippen LogP contribution is -2.51. The van der Waals surface area contributed by atoms with Crippen molar-refractivity contribution < 1.29 is 17.9 Å². The molecular weight excluding hydrogens is 183 g/mol. The molecule has 0 radical (unpaired) electrons. The van der Waals surface area contributed by atoms with Crippen LogP contribution in [0, 0.1) is 5.41 Å². The summed E-state index contributed by atoms with van der Waals surface area (Å²) in [5.74, 6) is 0. The van der Waals surface area contributed by atoms with Crippen LogP contribution in [-0.2, 0) is 4.74 Å². The van der Waals surface area contributed by atoms with E-state index in [1.54, 1.807) is 0 Å². The van der Waals surface area contributed by atoms with Crippen LogP contribution in [-0.4, -0.2) is 32.5 Å². The second-order valence-electron chi connectivity index (χ2n) is 3.83. The topological polar surface area (TPSA) is 21.3 Å². The molecule has 0 aromatic carbocycles. The van der Waals surface area contributed by atoms with Crippen molar-refractivity contribution in [2.75, 3.05) is 26.3 Å². The molecule has 1 fully saturated rings. The molecule has 13 heavy (non-hydrogen) atoms. The lowest BCUT2D eigenvalue weighted by Gasteiger charge is -2.39. The maximum Gasteiger partial charge on any atom is 0.411 e. The Morgan fingerprint density at radius 3 is 2.38 bits per heavy atom. The SMILES string of the molecule is CC1(CCOCC(F)(F)F)CNC1. The Hall–Kier alpha value is -0.290. The van der Waals surface area contributed by atoms with Gasteiger partial charge in [-0.05, 0) is 11.8 Å². The molecule has 1 N–H and O–H groups in total. The molecule has 2 nitrogen and oxygen atoms in total. The third-order valence-corrected chi connectivity index (χ3v) is 2.22. The first-order valence-electron chi connectivity index (χ1n) is 4.27. The highest BCUT2D eigenvalue weighted by Crippen LogP contribution is 2.25. The predicted octanol–water partition coefficient (Wildman–Crippen LogP) is 1.56. The molecule has 5 heteroatoms. The van der Waals surface area contributed by atoms with Crippen LogP contribution in [0.4, 0.5) is 13.2 Å². The summed E-state index contributed by atoms with van der Waals surface area (Å²) in [6.45, 7) is 2.86. The number of rotatable bonds is 4. The van der Waals surface area contributed by atoms with Gasteiger partial charge in [-0.2, -0.15) is 13.2 Å². The Labute approximate surface area is 75.4 Å². The highest BCUT2D eigenvalue weighted by atomic mass is 19.4. The van der Waals surface area contributed by atoms with Gasteiger partial charge in [-0.3, -0.25) is 0 Å². The first-order chi connectivity index (χ1) is 5.91. The molecule has 0 unspecified atom stereocenters. The molecule has 0 atom stereocenters. The molecule has 0 amide bonds. The van der Waals surface area contributed by atoms with Crippen molar-refractivity contribution in [1.29, 1.82) is 0 Å². The van der Waals surface area contributed by atoms with Crippen molar-refractivity contribution >= 4 is 0 Å². The Morgan fingerprint density at radius 2 is 2.00 bits per heavy atom. The van der Waals surface area contributed by atoms with Gasteiger partial charge in [-0.15, -0.1) is 0 Å². The maximum absolute atomic E-state index is 11.6. The standard InChI is InChI=1S/C8H14F3NO/c1-7(4-12-5-7)2-3-13-6-8(9,10)11/h12H,2-6H2,1H3. The summed E-state index contributed by atoms with van der Waals surface area (Å²) in [4.78, 5) is 0.